The van der Waals surface area contributed by atoms with Gasteiger partial charge in [0.05, 0.1) is 0 Å². The predicted molar refractivity (Wildman–Crippen MR) is 26.5 cm³/mol. The van der Waals surface area contributed by atoms with Gasteiger partial charge in [-0.3, -0.25) is 0 Å². The Morgan fingerprint density at radius 2 is 2.62 bits per heavy atom. The van der Waals surface area contributed by atoms with Crippen molar-refractivity contribution >= 4 is 20.7 Å². The van der Waals surface area contributed by atoms with Crippen molar-refractivity contribution in [3.05, 3.63) is 12.2 Å². The third-order valence-electron chi connectivity index (χ3n) is 0.608. The Labute approximate surface area is 53.5 Å². The van der Waals surface area contributed by atoms with Gasteiger partial charge in [0.15, 0.2) is 0 Å². The summed E-state index contributed by atoms with van der Waals surface area (Å²) in [5.41, 5.74) is 0. The summed E-state index contributed by atoms with van der Waals surface area (Å²) in [5, 5.41) is 5.86. The van der Waals surface area contributed by atoms with Gasteiger partial charge in [-0.05, 0) is 0 Å². The van der Waals surface area contributed by atoms with Crippen molar-refractivity contribution in [3.8, 4) is 0 Å². The van der Waals surface area contributed by atoms with Crippen LogP contribution in [0.2, 0.25) is 0 Å². The molecular formula is C3H2N3OSe. The van der Waals surface area contributed by atoms with Crippen molar-refractivity contribution in [1.29, 1.82) is 0 Å². The van der Waals surface area contributed by atoms with E-state index in [-0.39, 0.29) is 10.5 Å². The second-order valence-electron chi connectivity index (χ2n) is 1.12. The van der Waals surface area contributed by atoms with Gasteiger partial charge in [0.2, 0.25) is 0 Å². The average molecular weight is 175 g/mol. The number of hydrogen-bond acceptors (Lipinski definition) is 3. The van der Waals surface area contributed by atoms with Crippen molar-refractivity contribution < 1.29 is 4.79 Å². The first kappa shape index (κ1) is 5.47. The Morgan fingerprint density at radius 1 is 1.88 bits per heavy atom. The molecule has 0 saturated carbocycles. The van der Waals surface area contributed by atoms with Gasteiger partial charge in [0, 0.05) is 0 Å². The van der Waals surface area contributed by atoms with Gasteiger partial charge in [-0.15, -0.1) is 0 Å². The third-order valence-corrected chi connectivity index (χ3v) is 1.01. The van der Waals surface area contributed by atoms with Crippen molar-refractivity contribution in [2.75, 3.05) is 0 Å². The molecule has 1 rings (SSSR count). The second-order valence-corrected chi connectivity index (χ2v) is 1.90. The van der Waals surface area contributed by atoms with Gasteiger partial charge in [-0.2, -0.15) is 0 Å². The van der Waals surface area contributed by atoms with Gasteiger partial charge in [-0.25, -0.2) is 0 Å². The normalized spacial score (nSPS) is 9.00. The molecule has 41 valence electrons. The van der Waals surface area contributed by atoms with Crippen LogP contribution >= 0.6 is 0 Å². The number of aromatic nitrogens is 3. The van der Waals surface area contributed by atoms with Crippen LogP contribution < -0.4 is 0 Å². The van der Waals surface area contributed by atoms with Crippen LogP contribution in [0.5, 0.6) is 0 Å². The molecule has 0 aliphatic heterocycles. The molecule has 0 amide bonds. The van der Waals surface area contributed by atoms with E-state index in [1.54, 1.807) is 0 Å². The monoisotopic (exact) mass is 176 g/mol. The van der Waals surface area contributed by atoms with Gasteiger partial charge in [-0.1, -0.05) is 0 Å². The number of H-pyrrole nitrogens is 1. The summed E-state index contributed by atoms with van der Waals surface area (Å²) < 4.78 is -0.220. The summed E-state index contributed by atoms with van der Waals surface area (Å²) in [6.07, 6.45) is 1.28. The molecule has 5 heteroatoms. The molecule has 1 aromatic rings. The standard InChI is InChI=1S/C3H2N3OSe/c7-3(8)2-4-1-5-6-2/h1H,(H,4,5,6). The minimum absolute atomic E-state index is 0.220. The van der Waals surface area contributed by atoms with Crippen LogP contribution in [0.15, 0.2) is 6.33 Å². The van der Waals surface area contributed by atoms with E-state index < -0.39 is 0 Å². The third kappa shape index (κ3) is 0.936. The number of carbonyl (C=O) groups is 1. The zero-order valence-corrected chi connectivity index (χ0v) is 5.50. The van der Waals surface area contributed by atoms with Gasteiger partial charge >= 0.3 is 52.8 Å². The molecule has 0 aliphatic rings. The Kier molecular flexibility index (Phi) is 1.41. The van der Waals surface area contributed by atoms with Gasteiger partial charge < -0.3 is 0 Å². The first-order valence-electron chi connectivity index (χ1n) is 1.87. The molecule has 0 bridgehead atoms. The van der Waals surface area contributed by atoms with Crippen LogP contribution in [0.3, 0.4) is 0 Å². The SMILES string of the molecule is O=C([Se])c1ncn[nH]1. The van der Waals surface area contributed by atoms with Crippen molar-refractivity contribution in [3.63, 3.8) is 0 Å². The van der Waals surface area contributed by atoms with Crippen LogP contribution in [0.25, 0.3) is 0 Å². The number of nitrogens with one attached hydrogen (secondary N) is 1. The Bertz CT molecular complexity index is 182. The molecule has 0 aromatic carbocycles. The topological polar surface area (TPSA) is 58.6 Å². The fourth-order valence-corrected chi connectivity index (χ4v) is 0.510. The Hall–Kier alpha value is -0.671. The van der Waals surface area contributed by atoms with E-state index in [1.807, 2.05) is 0 Å². The number of rotatable bonds is 1. The van der Waals surface area contributed by atoms with Crippen LogP contribution in [0.4, 0.5) is 0 Å². The van der Waals surface area contributed by atoms with Crippen LogP contribution in [0, 0.1) is 0 Å². The average Bonchev–Trinajstić information content (AvgIpc) is 2.12. The van der Waals surface area contributed by atoms with Crippen LogP contribution in [-0.2, 0) is 0 Å². The molecular weight excluding hydrogens is 173 g/mol. The molecule has 1 heterocycles. The van der Waals surface area contributed by atoms with Crippen molar-refractivity contribution in [2.24, 2.45) is 0 Å². The van der Waals surface area contributed by atoms with Crippen LogP contribution in [-0.4, -0.2) is 35.9 Å². The minimum atomic E-state index is -0.220. The van der Waals surface area contributed by atoms with Crippen LogP contribution in [0.1, 0.15) is 10.6 Å². The van der Waals surface area contributed by atoms with E-state index in [2.05, 4.69) is 31.2 Å². The molecule has 0 saturated heterocycles. The zero-order chi connectivity index (χ0) is 5.98. The molecule has 0 spiro atoms. The zero-order valence-electron chi connectivity index (χ0n) is 3.79. The Morgan fingerprint density at radius 3 is 2.88 bits per heavy atom. The maximum absolute atomic E-state index is 10.3. The Balaban J connectivity index is 2.93. The van der Waals surface area contributed by atoms with E-state index >= 15 is 0 Å². The fourth-order valence-electron chi connectivity index (χ4n) is 0.304. The molecule has 0 unspecified atom stereocenters. The van der Waals surface area contributed by atoms with Gasteiger partial charge in [0.1, 0.15) is 0 Å². The van der Waals surface area contributed by atoms with E-state index in [0.29, 0.717) is 0 Å². The predicted octanol–water partition coefficient (Wildman–Crippen LogP) is -0.887. The molecule has 8 heavy (non-hydrogen) atoms. The quantitative estimate of drug-likeness (QED) is 0.563. The maximum atomic E-state index is 10.3. The van der Waals surface area contributed by atoms with Gasteiger partial charge in [0.25, 0.3) is 0 Å². The molecule has 0 aliphatic carbocycles. The summed E-state index contributed by atoms with van der Waals surface area (Å²) in [6, 6.07) is 0. The molecule has 0 atom stereocenters. The van der Waals surface area contributed by atoms with Crippen molar-refractivity contribution in [2.45, 2.75) is 0 Å². The van der Waals surface area contributed by atoms with E-state index in [4.69, 9.17) is 0 Å². The second kappa shape index (κ2) is 2.07. The molecule has 4 nitrogen and oxygen atoms in total. The summed E-state index contributed by atoms with van der Waals surface area (Å²) in [7, 11) is 0. The summed E-state index contributed by atoms with van der Waals surface area (Å²) in [5.74, 6) is 0.255. The summed E-state index contributed by atoms with van der Waals surface area (Å²) in [4.78, 5) is 13.9. The summed E-state index contributed by atoms with van der Waals surface area (Å²) in [6.45, 7) is 0. The molecule has 1 aromatic heterocycles. The first-order valence-corrected chi connectivity index (χ1v) is 2.73. The molecule has 1 radical (unpaired) electrons. The number of carbonyl (C=O) groups excluding carboxylic acids is 1. The molecule has 1 N–H and O–H groups in total. The van der Waals surface area contributed by atoms with E-state index in [1.165, 1.54) is 6.33 Å². The number of aromatic amines is 1. The summed E-state index contributed by atoms with van der Waals surface area (Å²) >= 11 is 2.27. The first-order chi connectivity index (χ1) is 3.80. The van der Waals surface area contributed by atoms with E-state index in [0.717, 1.165) is 0 Å². The van der Waals surface area contributed by atoms with Crippen molar-refractivity contribution in [1.82, 2.24) is 15.2 Å². The number of nitrogens with zero attached hydrogens (tertiary/aromatic N) is 2. The fraction of sp³-hybridized carbons (Fsp3) is 0. The van der Waals surface area contributed by atoms with E-state index in [9.17, 15) is 4.79 Å². The molecule has 0 fully saturated rings. The number of hydrogen-bond donors (Lipinski definition) is 1.